The summed E-state index contributed by atoms with van der Waals surface area (Å²) in [5.74, 6) is 0.200. The molecule has 0 aliphatic carbocycles. The number of hydrogen-bond acceptors (Lipinski definition) is 3. The van der Waals surface area contributed by atoms with Gasteiger partial charge < -0.3 is 11.1 Å². The molecule has 0 radical (unpaired) electrons. The van der Waals surface area contributed by atoms with Gasteiger partial charge in [0.05, 0.1) is 15.9 Å². The van der Waals surface area contributed by atoms with E-state index in [1.807, 2.05) is 0 Å². The number of rotatable bonds is 3. The van der Waals surface area contributed by atoms with E-state index in [1.165, 1.54) is 0 Å². The smallest absolute Gasteiger partial charge is 0.232 e. The molecule has 1 aromatic rings. The van der Waals surface area contributed by atoms with Gasteiger partial charge in [-0.15, -0.1) is 0 Å². The molecule has 4 nitrogen and oxygen atoms in total. The topological polar surface area (TPSA) is 68.0 Å². The van der Waals surface area contributed by atoms with Crippen molar-refractivity contribution in [1.29, 1.82) is 0 Å². The molecule has 6 heteroatoms. The Morgan fingerprint density at radius 3 is 3.00 bits per heavy atom. The van der Waals surface area contributed by atoms with E-state index in [-0.39, 0.29) is 17.3 Å². The summed E-state index contributed by atoms with van der Waals surface area (Å²) in [4.78, 5) is 15.4. The second kappa shape index (κ2) is 5.02. The first-order valence-electron chi connectivity index (χ1n) is 3.78. The van der Waals surface area contributed by atoms with Gasteiger partial charge in [0, 0.05) is 6.20 Å². The summed E-state index contributed by atoms with van der Waals surface area (Å²) in [6, 6.07) is 3.54. The van der Waals surface area contributed by atoms with Crippen LogP contribution in [-0.4, -0.2) is 15.9 Å². The lowest BCUT2D eigenvalue weighted by Crippen LogP contribution is -2.20. The zero-order valence-corrected chi connectivity index (χ0v) is 9.56. The van der Waals surface area contributed by atoms with Gasteiger partial charge in [-0.05, 0) is 28.1 Å². The van der Waals surface area contributed by atoms with Crippen LogP contribution in [0.5, 0.6) is 0 Å². The average molecular weight is 274 g/mol. The lowest BCUT2D eigenvalue weighted by atomic mass is 10.4. The molecule has 0 saturated heterocycles. The molecule has 0 bridgehead atoms. The number of carbonyl (C=O) groups is 1. The van der Waals surface area contributed by atoms with Gasteiger partial charge in [-0.3, -0.25) is 4.79 Å². The minimum absolute atomic E-state index is 0.0261. The fraction of sp³-hybridized carbons (Fsp3) is 0.125. The predicted molar refractivity (Wildman–Crippen MR) is 62.0 cm³/mol. The number of halogens is 1. The van der Waals surface area contributed by atoms with Crippen molar-refractivity contribution in [3.63, 3.8) is 0 Å². The van der Waals surface area contributed by atoms with Crippen LogP contribution in [0.1, 0.15) is 6.42 Å². The maximum Gasteiger partial charge on any atom is 0.232 e. The lowest BCUT2D eigenvalue weighted by molar-refractivity contribution is -0.115. The molecule has 0 saturated carbocycles. The van der Waals surface area contributed by atoms with E-state index < -0.39 is 0 Å². The van der Waals surface area contributed by atoms with E-state index in [0.29, 0.717) is 5.82 Å². The number of nitrogens with zero attached hydrogens (tertiary/aromatic N) is 1. The van der Waals surface area contributed by atoms with Crippen LogP contribution < -0.4 is 11.1 Å². The molecule has 0 aromatic carbocycles. The molecule has 0 spiro atoms. The molecule has 0 fully saturated rings. The highest BCUT2D eigenvalue weighted by molar-refractivity contribution is 9.10. The number of pyridine rings is 1. The van der Waals surface area contributed by atoms with Gasteiger partial charge in [0.1, 0.15) is 5.82 Å². The molecule has 74 valence electrons. The van der Waals surface area contributed by atoms with Gasteiger partial charge >= 0.3 is 0 Å². The first kappa shape index (κ1) is 11.1. The number of aromatic nitrogens is 1. The lowest BCUT2D eigenvalue weighted by Gasteiger charge is -2.04. The van der Waals surface area contributed by atoms with Crippen molar-refractivity contribution in [2.45, 2.75) is 6.42 Å². The van der Waals surface area contributed by atoms with Gasteiger partial charge in [0.2, 0.25) is 5.91 Å². The van der Waals surface area contributed by atoms with Crippen LogP contribution >= 0.6 is 28.1 Å². The largest absolute Gasteiger partial charge is 0.393 e. The highest BCUT2D eigenvalue weighted by atomic mass is 79.9. The summed E-state index contributed by atoms with van der Waals surface area (Å²) in [6.07, 6.45) is 1.61. The zero-order chi connectivity index (χ0) is 10.6. The Morgan fingerprint density at radius 1 is 1.71 bits per heavy atom. The third kappa shape index (κ3) is 3.39. The molecule has 1 rings (SSSR count). The van der Waals surface area contributed by atoms with E-state index in [4.69, 9.17) is 5.73 Å². The maximum absolute atomic E-state index is 11.2. The van der Waals surface area contributed by atoms with Crippen LogP contribution in [0.15, 0.2) is 22.8 Å². The summed E-state index contributed by atoms with van der Waals surface area (Å²) >= 11 is 7.86. The van der Waals surface area contributed by atoms with Gasteiger partial charge in [-0.25, -0.2) is 4.98 Å². The van der Waals surface area contributed by atoms with Gasteiger partial charge in [0.15, 0.2) is 0 Å². The van der Waals surface area contributed by atoms with Gasteiger partial charge in [0.25, 0.3) is 0 Å². The van der Waals surface area contributed by atoms with Crippen LogP contribution in [0, 0.1) is 0 Å². The highest BCUT2D eigenvalue weighted by Gasteiger charge is 2.06. The molecule has 0 atom stereocenters. The van der Waals surface area contributed by atoms with Crippen molar-refractivity contribution in [2.75, 3.05) is 5.32 Å². The number of hydrogen-bond donors (Lipinski definition) is 2. The fourth-order valence-electron chi connectivity index (χ4n) is 0.812. The molecule has 14 heavy (non-hydrogen) atoms. The third-order valence-electron chi connectivity index (χ3n) is 1.35. The van der Waals surface area contributed by atoms with Crippen molar-refractivity contribution in [1.82, 2.24) is 4.98 Å². The van der Waals surface area contributed by atoms with Crippen LogP contribution in [0.4, 0.5) is 5.82 Å². The van der Waals surface area contributed by atoms with E-state index in [0.717, 1.165) is 4.47 Å². The van der Waals surface area contributed by atoms with Crippen molar-refractivity contribution < 1.29 is 4.79 Å². The number of thiocarbonyl (C=S) groups is 1. The minimum Gasteiger partial charge on any atom is -0.393 e. The number of anilines is 1. The summed E-state index contributed by atoms with van der Waals surface area (Å²) in [6.45, 7) is 0. The fourth-order valence-corrected chi connectivity index (χ4v) is 1.30. The minimum atomic E-state index is -0.267. The van der Waals surface area contributed by atoms with E-state index in [9.17, 15) is 4.79 Å². The standard InChI is InChI=1S/C8H8BrN3OS/c9-5-2-1-3-11-8(5)12-7(13)4-6(10)14/h1-3H,4H2,(H2,10,14)(H,11,12,13). The molecule has 0 unspecified atom stereocenters. The molecule has 1 aromatic heterocycles. The van der Waals surface area contributed by atoms with E-state index >= 15 is 0 Å². The molecule has 0 aliphatic rings. The summed E-state index contributed by atoms with van der Waals surface area (Å²) in [5.41, 5.74) is 5.22. The number of nitrogens with one attached hydrogen (secondary N) is 1. The van der Waals surface area contributed by atoms with Crippen molar-refractivity contribution in [3.8, 4) is 0 Å². The molecule has 3 N–H and O–H groups in total. The average Bonchev–Trinajstić information content (AvgIpc) is 2.07. The Kier molecular flexibility index (Phi) is 3.97. The Bertz CT molecular complexity index is 369. The first-order valence-corrected chi connectivity index (χ1v) is 4.98. The van der Waals surface area contributed by atoms with Crippen LogP contribution in [-0.2, 0) is 4.79 Å². The Labute approximate surface area is 95.0 Å². The molecular weight excluding hydrogens is 266 g/mol. The van der Waals surface area contributed by atoms with Gasteiger partial charge in [-0.2, -0.15) is 0 Å². The molecule has 1 amide bonds. The molecule has 0 aliphatic heterocycles. The van der Waals surface area contributed by atoms with E-state index in [2.05, 4.69) is 38.4 Å². The zero-order valence-electron chi connectivity index (χ0n) is 7.16. The Morgan fingerprint density at radius 2 is 2.43 bits per heavy atom. The van der Waals surface area contributed by atoms with Crippen LogP contribution in [0.3, 0.4) is 0 Å². The summed E-state index contributed by atoms with van der Waals surface area (Å²) < 4.78 is 0.719. The van der Waals surface area contributed by atoms with Crippen LogP contribution in [0.2, 0.25) is 0 Å². The van der Waals surface area contributed by atoms with Crippen molar-refractivity contribution in [3.05, 3.63) is 22.8 Å². The second-order valence-corrected chi connectivity index (χ2v) is 3.90. The van der Waals surface area contributed by atoms with Crippen LogP contribution in [0.25, 0.3) is 0 Å². The number of amides is 1. The quantitative estimate of drug-likeness (QED) is 0.819. The summed E-state index contributed by atoms with van der Waals surface area (Å²) in [5, 5.41) is 2.58. The Balaban J connectivity index is 2.65. The van der Waals surface area contributed by atoms with Gasteiger partial charge in [-0.1, -0.05) is 12.2 Å². The predicted octanol–water partition coefficient (Wildman–Crippen LogP) is 1.46. The highest BCUT2D eigenvalue weighted by Crippen LogP contribution is 2.18. The third-order valence-corrected chi connectivity index (χ3v) is 2.14. The normalized spacial score (nSPS) is 9.50. The number of carbonyl (C=O) groups excluding carboxylic acids is 1. The first-order chi connectivity index (χ1) is 6.59. The van der Waals surface area contributed by atoms with E-state index in [1.54, 1.807) is 18.3 Å². The maximum atomic E-state index is 11.2. The van der Waals surface area contributed by atoms with Crippen molar-refractivity contribution in [2.24, 2.45) is 5.73 Å². The molecular formula is C8H8BrN3OS. The van der Waals surface area contributed by atoms with Crippen molar-refractivity contribution >= 4 is 44.9 Å². The second-order valence-electron chi connectivity index (χ2n) is 2.53. The SMILES string of the molecule is NC(=S)CC(=O)Nc1ncccc1Br. The number of nitrogens with two attached hydrogens (primary N) is 1. The summed E-state index contributed by atoms with van der Waals surface area (Å²) in [7, 11) is 0. The Hall–Kier alpha value is -1.01. The molecule has 1 heterocycles. The monoisotopic (exact) mass is 273 g/mol.